The highest BCUT2D eigenvalue weighted by atomic mass is 16.5. The van der Waals surface area contributed by atoms with Crippen LogP contribution < -0.4 is 0 Å². The maximum Gasteiger partial charge on any atom is 0.0579 e. The van der Waals surface area contributed by atoms with E-state index >= 15 is 0 Å². The summed E-state index contributed by atoms with van der Waals surface area (Å²) < 4.78 is 6.51. The van der Waals surface area contributed by atoms with E-state index in [-0.39, 0.29) is 0 Å². The van der Waals surface area contributed by atoms with Crippen molar-refractivity contribution in [3.8, 4) is 0 Å². The van der Waals surface area contributed by atoms with Crippen LogP contribution in [-0.2, 0) is 4.74 Å². The molecule has 0 fully saturated rings. The molecule has 0 aliphatic rings. The zero-order chi connectivity index (χ0) is 16.1. The van der Waals surface area contributed by atoms with Crippen LogP contribution in [0.2, 0.25) is 0 Å². The lowest BCUT2D eigenvalue weighted by molar-refractivity contribution is -0.0394. The van der Waals surface area contributed by atoms with Crippen LogP contribution in [0.1, 0.15) is 106 Å². The van der Waals surface area contributed by atoms with Gasteiger partial charge in [-0.25, -0.2) is 0 Å². The molecule has 0 saturated carbocycles. The van der Waals surface area contributed by atoms with E-state index in [4.69, 9.17) is 4.74 Å². The quantitative estimate of drug-likeness (QED) is 0.335. The van der Waals surface area contributed by atoms with Gasteiger partial charge in [0.25, 0.3) is 0 Å². The topological polar surface area (TPSA) is 9.23 Å². The second kappa shape index (κ2) is 13.6. The minimum absolute atomic E-state index is 0.477. The molecular formula is C20H42O. The van der Waals surface area contributed by atoms with Crippen LogP contribution in [0.3, 0.4) is 0 Å². The molecule has 0 amide bonds. The summed E-state index contributed by atoms with van der Waals surface area (Å²) in [5.74, 6) is 1.71. The minimum atomic E-state index is 0.477. The number of ether oxygens (including phenoxy) is 1. The van der Waals surface area contributed by atoms with Crippen molar-refractivity contribution in [1.29, 1.82) is 0 Å². The van der Waals surface area contributed by atoms with Gasteiger partial charge in [-0.05, 0) is 37.5 Å². The fraction of sp³-hybridized carbons (Fsp3) is 1.00. The molecule has 0 N–H and O–H groups in total. The summed E-state index contributed by atoms with van der Waals surface area (Å²) in [5, 5.41) is 0. The Bertz CT molecular complexity index is 192. The number of hydrogen-bond donors (Lipinski definition) is 0. The fourth-order valence-electron chi connectivity index (χ4n) is 3.45. The zero-order valence-electron chi connectivity index (χ0n) is 15.8. The van der Waals surface area contributed by atoms with Gasteiger partial charge in [-0.3, -0.25) is 0 Å². The predicted molar refractivity (Wildman–Crippen MR) is 95.9 cm³/mol. The molecule has 128 valence electrons. The molecule has 0 bridgehead atoms. The summed E-state index contributed by atoms with van der Waals surface area (Å²) in [6, 6.07) is 0. The third kappa shape index (κ3) is 9.55. The van der Waals surface area contributed by atoms with Crippen molar-refractivity contribution in [2.45, 2.75) is 118 Å². The summed E-state index contributed by atoms with van der Waals surface area (Å²) in [6.45, 7) is 13.8. The second-order valence-electron chi connectivity index (χ2n) is 6.79. The summed E-state index contributed by atoms with van der Waals surface area (Å²) in [6.07, 6.45) is 13.8. The van der Waals surface area contributed by atoms with Crippen LogP contribution in [0.15, 0.2) is 0 Å². The number of hydrogen-bond acceptors (Lipinski definition) is 1. The van der Waals surface area contributed by atoms with Crippen LogP contribution in [-0.4, -0.2) is 12.2 Å². The lowest BCUT2D eigenvalue weighted by Crippen LogP contribution is -2.25. The van der Waals surface area contributed by atoms with Crippen LogP contribution in [0, 0.1) is 11.8 Å². The van der Waals surface area contributed by atoms with Crippen LogP contribution in [0.25, 0.3) is 0 Å². The van der Waals surface area contributed by atoms with E-state index in [1.807, 2.05) is 0 Å². The van der Waals surface area contributed by atoms with Crippen molar-refractivity contribution in [2.75, 3.05) is 0 Å². The van der Waals surface area contributed by atoms with Gasteiger partial charge in [0.1, 0.15) is 0 Å². The molecule has 4 atom stereocenters. The Balaban J connectivity index is 4.38. The molecule has 0 aliphatic heterocycles. The Labute approximate surface area is 135 Å². The van der Waals surface area contributed by atoms with Gasteiger partial charge in [-0.1, -0.05) is 80.1 Å². The van der Waals surface area contributed by atoms with E-state index in [0.29, 0.717) is 12.2 Å². The molecule has 21 heavy (non-hydrogen) atoms. The summed E-state index contributed by atoms with van der Waals surface area (Å²) in [5.41, 5.74) is 0. The SMILES string of the molecule is CCCC(CC)CC(CC)OC(CC)CC(CC)CCC. The highest BCUT2D eigenvalue weighted by Gasteiger charge is 2.20. The zero-order valence-corrected chi connectivity index (χ0v) is 15.8. The Hall–Kier alpha value is -0.0400. The van der Waals surface area contributed by atoms with Crippen molar-refractivity contribution in [3.05, 3.63) is 0 Å². The molecule has 0 rings (SSSR count). The maximum atomic E-state index is 6.51. The highest BCUT2D eigenvalue weighted by molar-refractivity contribution is 4.70. The van der Waals surface area contributed by atoms with Gasteiger partial charge in [0.15, 0.2) is 0 Å². The average molecular weight is 299 g/mol. The van der Waals surface area contributed by atoms with E-state index in [9.17, 15) is 0 Å². The van der Waals surface area contributed by atoms with Crippen molar-refractivity contribution in [1.82, 2.24) is 0 Å². The average Bonchev–Trinajstić information content (AvgIpc) is 2.51. The predicted octanol–water partition coefficient (Wildman–Crippen LogP) is 6.99. The molecule has 0 radical (unpaired) electrons. The Morgan fingerprint density at radius 1 is 0.571 bits per heavy atom. The van der Waals surface area contributed by atoms with Crippen molar-refractivity contribution >= 4 is 0 Å². The molecule has 1 nitrogen and oxygen atoms in total. The molecular weight excluding hydrogens is 256 g/mol. The van der Waals surface area contributed by atoms with Gasteiger partial charge >= 0.3 is 0 Å². The normalized spacial score (nSPS) is 17.4. The third-order valence-corrected chi connectivity index (χ3v) is 5.04. The van der Waals surface area contributed by atoms with E-state index < -0.39 is 0 Å². The molecule has 4 unspecified atom stereocenters. The molecule has 0 saturated heterocycles. The fourth-order valence-corrected chi connectivity index (χ4v) is 3.45. The van der Waals surface area contributed by atoms with E-state index in [0.717, 1.165) is 11.8 Å². The molecule has 1 heteroatoms. The van der Waals surface area contributed by atoms with Crippen molar-refractivity contribution < 1.29 is 4.74 Å². The van der Waals surface area contributed by atoms with E-state index in [1.54, 1.807) is 0 Å². The first-order chi connectivity index (χ1) is 10.1. The second-order valence-corrected chi connectivity index (χ2v) is 6.79. The van der Waals surface area contributed by atoms with Crippen molar-refractivity contribution in [2.24, 2.45) is 11.8 Å². The van der Waals surface area contributed by atoms with Gasteiger partial charge in [0, 0.05) is 0 Å². The molecule has 0 aliphatic carbocycles. The minimum Gasteiger partial charge on any atom is -0.375 e. The molecule has 0 aromatic rings. The first-order valence-corrected chi connectivity index (χ1v) is 9.80. The molecule has 0 aromatic heterocycles. The smallest absolute Gasteiger partial charge is 0.0579 e. The standard InChI is InChI=1S/C20H42O/c1-7-13-17(9-3)15-19(11-5)21-20(12-6)16-18(10-4)14-8-2/h17-20H,7-16H2,1-6H3. The number of rotatable bonds is 14. The molecule has 0 aromatic carbocycles. The van der Waals surface area contributed by atoms with Gasteiger partial charge in [-0.2, -0.15) is 0 Å². The lowest BCUT2D eigenvalue weighted by Gasteiger charge is -2.28. The first kappa shape index (κ1) is 21.0. The molecule has 0 heterocycles. The van der Waals surface area contributed by atoms with Gasteiger partial charge in [0.2, 0.25) is 0 Å². The van der Waals surface area contributed by atoms with Crippen LogP contribution in [0.4, 0.5) is 0 Å². The Morgan fingerprint density at radius 3 is 1.19 bits per heavy atom. The lowest BCUT2D eigenvalue weighted by atomic mass is 9.91. The summed E-state index contributed by atoms with van der Waals surface area (Å²) in [4.78, 5) is 0. The van der Waals surface area contributed by atoms with E-state index in [1.165, 1.54) is 64.2 Å². The third-order valence-electron chi connectivity index (χ3n) is 5.04. The molecule has 0 spiro atoms. The van der Waals surface area contributed by atoms with E-state index in [2.05, 4.69) is 41.5 Å². The van der Waals surface area contributed by atoms with Gasteiger partial charge < -0.3 is 4.74 Å². The maximum absolute atomic E-state index is 6.51. The largest absolute Gasteiger partial charge is 0.375 e. The highest BCUT2D eigenvalue weighted by Crippen LogP contribution is 2.25. The Kier molecular flexibility index (Phi) is 13.6. The van der Waals surface area contributed by atoms with Gasteiger partial charge in [-0.15, -0.1) is 0 Å². The summed E-state index contributed by atoms with van der Waals surface area (Å²) in [7, 11) is 0. The monoisotopic (exact) mass is 298 g/mol. The van der Waals surface area contributed by atoms with Gasteiger partial charge in [0.05, 0.1) is 12.2 Å². The first-order valence-electron chi connectivity index (χ1n) is 9.80. The summed E-state index contributed by atoms with van der Waals surface area (Å²) >= 11 is 0. The van der Waals surface area contributed by atoms with Crippen LogP contribution in [0.5, 0.6) is 0 Å². The van der Waals surface area contributed by atoms with Crippen LogP contribution >= 0.6 is 0 Å². The van der Waals surface area contributed by atoms with Crippen molar-refractivity contribution in [3.63, 3.8) is 0 Å². The Morgan fingerprint density at radius 2 is 0.952 bits per heavy atom.